The molecule has 2 rings (SSSR count). The lowest BCUT2D eigenvalue weighted by Crippen LogP contribution is -2.36. The van der Waals surface area contributed by atoms with Crippen LogP contribution in [0.5, 0.6) is 0 Å². The monoisotopic (exact) mass is 567 g/mol. The van der Waals surface area contributed by atoms with Gasteiger partial charge in [0.05, 0.1) is 30.3 Å². The number of ether oxygens (including phenoxy) is 1. The van der Waals surface area contributed by atoms with Crippen LogP contribution in [0.15, 0.2) is 34.2 Å². The highest BCUT2D eigenvalue weighted by Crippen LogP contribution is 2.16. The van der Waals surface area contributed by atoms with Crippen LogP contribution in [-0.2, 0) is 27.8 Å². The molecule has 0 spiro atoms. The fourth-order valence-electron chi connectivity index (χ4n) is 2.46. The van der Waals surface area contributed by atoms with Gasteiger partial charge in [0.2, 0.25) is 10.0 Å². The molecule has 0 radical (unpaired) electrons. The molecule has 0 amide bonds. The van der Waals surface area contributed by atoms with Gasteiger partial charge < -0.3 is 15.4 Å². The number of aromatic nitrogens is 1. The van der Waals surface area contributed by atoms with E-state index in [9.17, 15) is 8.42 Å². The van der Waals surface area contributed by atoms with Gasteiger partial charge in [-0.1, -0.05) is 12.1 Å². The van der Waals surface area contributed by atoms with Crippen molar-refractivity contribution in [2.24, 2.45) is 4.99 Å². The van der Waals surface area contributed by atoms with Crippen molar-refractivity contribution in [1.29, 1.82) is 0 Å². The van der Waals surface area contributed by atoms with E-state index in [-0.39, 0.29) is 35.4 Å². The summed E-state index contributed by atoms with van der Waals surface area (Å²) in [4.78, 5) is 10.5. The van der Waals surface area contributed by atoms with Crippen molar-refractivity contribution in [1.82, 2.24) is 20.3 Å². The van der Waals surface area contributed by atoms with Crippen molar-refractivity contribution < 1.29 is 13.2 Å². The molecule has 0 aliphatic rings. The number of sulfonamides is 1. The molecule has 0 bridgehead atoms. The number of halogens is 1. The predicted octanol–water partition coefficient (Wildman–Crippen LogP) is 2.56. The van der Waals surface area contributed by atoms with Gasteiger partial charge in [0.1, 0.15) is 5.01 Å². The third-order valence-corrected chi connectivity index (χ3v) is 6.58. The Morgan fingerprint density at radius 3 is 2.67 bits per heavy atom. The highest BCUT2D eigenvalue weighted by molar-refractivity contribution is 14.0. The maximum Gasteiger partial charge on any atom is 0.240 e. The van der Waals surface area contributed by atoms with Gasteiger partial charge in [-0.15, -0.1) is 35.3 Å². The van der Waals surface area contributed by atoms with Crippen LogP contribution < -0.4 is 15.4 Å². The zero-order valence-electron chi connectivity index (χ0n) is 17.7. The van der Waals surface area contributed by atoms with E-state index in [1.807, 2.05) is 19.9 Å². The average Bonchev–Trinajstić information content (AvgIpc) is 3.02. The van der Waals surface area contributed by atoms with Gasteiger partial charge in [-0.05, 0) is 38.5 Å². The van der Waals surface area contributed by atoms with E-state index < -0.39 is 10.0 Å². The maximum atomic E-state index is 12.4. The van der Waals surface area contributed by atoms with Gasteiger partial charge >= 0.3 is 0 Å². The molecule has 30 heavy (non-hydrogen) atoms. The Morgan fingerprint density at radius 2 is 2.03 bits per heavy atom. The summed E-state index contributed by atoms with van der Waals surface area (Å²) in [6, 6.07) is 6.78. The smallest absolute Gasteiger partial charge is 0.240 e. The second-order valence-electron chi connectivity index (χ2n) is 6.34. The Balaban J connectivity index is 0.00000450. The molecule has 1 aromatic heterocycles. The second kappa shape index (κ2) is 13.2. The van der Waals surface area contributed by atoms with E-state index in [1.165, 1.54) is 12.0 Å². The summed E-state index contributed by atoms with van der Waals surface area (Å²) in [5, 5.41) is 7.47. The molecule has 0 aliphatic heterocycles. The lowest BCUT2D eigenvalue weighted by Gasteiger charge is -2.11. The Bertz CT molecular complexity index is 913. The quantitative estimate of drug-likeness (QED) is 0.177. The number of aliphatic imine (C=N–C) groups is 1. The minimum absolute atomic E-state index is 0. The van der Waals surface area contributed by atoms with Crippen molar-refractivity contribution in [3.8, 4) is 0 Å². The number of rotatable bonds is 10. The van der Waals surface area contributed by atoms with Crippen molar-refractivity contribution >= 4 is 51.3 Å². The molecule has 1 aromatic carbocycles. The van der Waals surface area contributed by atoms with Crippen molar-refractivity contribution in [3.05, 3.63) is 45.4 Å². The molecule has 1 heterocycles. The molecule has 168 valence electrons. The van der Waals surface area contributed by atoms with Gasteiger partial charge in [0.25, 0.3) is 0 Å². The number of nitrogens with zero attached hydrogens (tertiary/aromatic N) is 2. The van der Waals surface area contributed by atoms with Crippen molar-refractivity contribution in [2.45, 2.75) is 38.8 Å². The van der Waals surface area contributed by atoms with Crippen LogP contribution in [0.1, 0.15) is 28.1 Å². The first-order valence-corrected chi connectivity index (χ1v) is 11.7. The highest BCUT2D eigenvalue weighted by Gasteiger charge is 2.13. The zero-order valence-corrected chi connectivity index (χ0v) is 21.7. The summed E-state index contributed by atoms with van der Waals surface area (Å²) in [6.45, 7) is 8.26. The Labute approximate surface area is 200 Å². The van der Waals surface area contributed by atoms with E-state index in [0.29, 0.717) is 25.7 Å². The topological polar surface area (TPSA) is 105 Å². The summed E-state index contributed by atoms with van der Waals surface area (Å²) >= 11 is 1.66. The number of thiazole rings is 1. The SMILES string of the molecule is CCNC(=NCc1cccc(S(=O)(=O)NCCOC)c1)NCc1nc(C)c(C)s1.I. The summed E-state index contributed by atoms with van der Waals surface area (Å²) < 4.78 is 32.1. The van der Waals surface area contributed by atoms with Gasteiger partial charge in [-0.25, -0.2) is 23.1 Å². The van der Waals surface area contributed by atoms with E-state index in [0.717, 1.165) is 22.8 Å². The number of methoxy groups -OCH3 is 1. The molecule has 11 heteroatoms. The summed E-state index contributed by atoms with van der Waals surface area (Å²) in [6.07, 6.45) is 0. The van der Waals surface area contributed by atoms with Crippen LogP contribution >= 0.6 is 35.3 Å². The Hall–Kier alpha value is -1.28. The van der Waals surface area contributed by atoms with Crippen molar-refractivity contribution in [2.75, 3.05) is 26.8 Å². The van der Waals surface area contributed by atoms with Crippen LogP contribution in [0.25, 0.3) is 0 Å². The fourth-order valence-corrected chi connectivity index (χ4v) is 4.42. The minimum Gasteiger partial charge on any atom is -0.383 e. The first kappa shape index (κ1) is 26.8. The van der Waals surface area contributed by atoms with Crippen LogP contribution in [0, 0.1) is 13.8 Å². The van der Waals surface area contributed by atoms with Crippen LogP contribution in [0.4, 0.5) is 0 Å². The molecule has 0 fully saturated rings. The molecule has 0 atom stereocenters. The number of aryl methyl sites for hydroxylation is 2. The number of guanidine groups is 1. The Morgan fingerprint density at radius 1 is 1.27 bits per heavy atom. The standard InChI is InChI=1S/C19H29N5O3S2.HI/c1-5-20-19(22-13-18-24-14(2)15(3)28-18)21-12-16-7-6-8-17(11-16)29(25,26)23-9-10-27-4;/h6-8,11,23H,5,9-10,12-13H2,1-4H3,(H2,20,21,22);1H. The van der Waals surface area contributed by atoms with Gasteiger partial charge in [-0.2, -0.15) is 0 Å². The largest absolute Gasteiger partial charge is 0.383 e. The normalized spacial score (nSPS) is 11.8. The van der Waals surface area contributed by atoms with Crippen LogP contribution in [0.3, 0.4) is 0 Å². The molecule has 0 unspecified atom stereocenters. The lowest BCUT2D eigenvalue weighted by atomic mass is 10.2. The van der Waals surface area contributed by atoms with Crippen LogP contribution in [0.2, 0.25) is 0 Å². The van der Waals surface area contributed by atoms with Crippen LogP contribution in [-0.4, -0.2) is 46.2 Å². The first-order valence-electron chi connectivity index (χ1n) is 9.38. The highest BCUT2D eigenvalue weighted by atomic mass is 127. The molecule has 0 saturated carbocycles. The average molecular weight is 568 g/mol. The fraction of sp³-hybridized carbons (Fsp3) is 0.474. The zero-order chi connectivity index (χ0) is 21.3. The Kier molecular flexibility index (Phi) is 11.8. The van der Waals surface area contributed by atoms with Crippen molar-refractivity contribution in [3.63, 3.8) is 0 Å². The molecular formula is C19H30IN5O3S2. The number of nitrogens with one attached hydrogen (secondary N) is 3. The number of hydrogen-bond acceptors (Lipinski definition) is 6. The molecule has 2 aromatic rings. The van der Waals surface area contributed by atoms with E-state index >= 15 is 0 Å². The molecule has 8 nitrogen and oxygen atoms in total. The third kappa shape index (κ3) is 8.46. The molecule has 0 aliphatic carbocycles. The number of hydrogen-bond donors (Lipinski definition) is 3. The molecular weight excluding hydrogens is 537 g/mol. The van der Waals surface area contributed by atoms with E-state index in [4.69, 9.17) is 4.74 Å². The van der Waals surface area contributed by atoms with Gasteiger partial charge in [0, 0.05) is 25.1 Å². The maximum absolute atomic E-state index is 12.4. The van der Waals surface area contributed by atoms with Gasteiger partial charge in [-0.3, -0.25) is 0 Å². The molecule has 0 saturated heterocycles. The van der Waals surface area contributed by atoms with E-state index in [2.05, 4.69) is 32.3 Å². The third-order valence-electron chi connectivity index (χ3n) is 4.05. The second-order valence-corrected chi connectivity index (χ2v) is 9.39. The summed E-state index contributed by atoms with van der Waals surface area (Å²) in [5.74, 6) is 0.657. The predicted molar refractivity (Wildman–Crippen MR) is 132 cm³/mol. The minimum atomic E-state index is -3.57. The van der Waals surface area contributed by atoms with Gasteiger partial charge in [0.15, 0.2) is 5.96 Å². The van der Waals surface area contributed by atoms with E-state index in [1.54, 1.807) is 29.5 Å². The molecule has 3 N–H and O–H groups in total. The number of benzene rings is 1. The lowest BCUT2D eigenvalue weighted by molar-refractivity contribution is 0.204. The first-order chi connectivity index (χ1) is 13.9. The summed E-state index contributed by atoms with van der Waals surface area (Å²) in [7, 11) is -2.04. The summed E-state index contributed by atoms with van der Waals surface area (Å²) in [5.41, 5.74) is 1.85.